The number of ether oxygens (including phenoxy) is 1. The van der Waals surface area contributed by atoms with Gasteiger partial charge in [0.15, 0.2) is 5.75 Å². The molecule has 0 spiro atoms. The summed E-state index contributed by atoms with van der Waals surface area (Å²) in [6.45, 7) is 1.95. The van der Waals surface area contributed by atoms with Gasteiger partial charge in [0, 0.05) is 0 Å². The number of nitrogen functional groups attached to an aromatic ring is 1. The zero-order chi connectivity index (χ0) is 13.1. The Balaban J connectivity index is 2.42. The normalized spacial score (nSPS) is 10.1. The summed E-state index contributed by atoms with van der Waals surface area (Å²) < 4.78 is 5.66. The monoisotopic (exact) mass is 242 g/mol. The Bertz CT molecular complexity index is 594. The minimum atomic E-state index is -0.565. The van der Waals surface area contributed by atoms with Crippen molar-refractivity contribution in [3.05, 3.63) is 53.6 Å². The first kappa shape index (κ1) is 12.0. The third kappa shape index (κ3) is 2.43. The second-order valence-electron chi connectivity index (χ2n) is 4.01. The number of aryl methyl sites for hydroxylation is 1. The Morgan fingerprint density at radius 1 is 1.17 bits per heavy atom. The highest BCUT2D eigenvalue weighted by Crippen LogP contribution is 2.31. The summed E-state index contributed by atoms with van der Waals surface area (Å²) in [4.78, 5) is 11.3. The van der Waals surface area contributed by atoms with Crippen molar-refractivity contribution in [2.24, 2.45) is 5.73 Å². The summed E-state index contributed by atoms with van der Waals surface area (Å²) in [5, 5.41) is 0. The summed E-state index contributed by atoms with van der Waals surface area (Å²) in [6, 6.07) is 12.4. The molecule has 0 aliphatic heterocycles. The number of hydrogen-bond donors (Lipinski definition) is 2. The first-order valence-electron chi connectivity index (χ1n) is 5.51. The van der Waals surface area contributed by atoms with E-state index in [1.54, 1.807) is 24.3 Å². The van der Waals surface area contributed by atoms with E-state index in [1.165, 1.54) is 0 Å². The number of carbonyl (C=O) groups is 1. The zero-order valence-corrected chi connectivity index (χ0v) is 10.0. The molecule has 0 saturated heterocycles. The number of benzene rings is 2. The molecule has 0 heterocycles. The maximum absolute atomic E-state index is 11.3. The van der Waals surface area contributed by atoms with Crippen molar-refractivity contribution in [2.75, 3.05) is 5.73 Å². The lowest BCUT2D eigenvalue weighted by Crippen LogP contribution is -2.13. The van der Waals surface area contributed by atoms with Gasteiger partial charge in [0.05, 0.1) is 11.3 Å². The predicted molar refractivity (Wildman–Crippen MR) is 70.6 cm³/mol. The topological polar surface area (TPSA) is 78.3 Å². The van der Waals surface area contributed by atoms with E-state index >= 15 is 0 Å². The average Bonchev–Trinajstić information content (AvgIpc) is 2.31. The highest BCUT2D eigenvalue weighted by Gasteiger charge is 2.13. The van der Waals surface area contributed by atoms with Crippen molar-refractivity contribution >= 4 is 11.6 Å². The maximum Gasteiger partial charge on any atom is 0.252 e. The highest BCUT2D eigenvalue weighted by atomic mass is 16.5. The molecule has 0 saturated carbocycles. The van der Waals surface area contributed by atoms with Crippen LogP contribution in [0.2, 0.25) is 0 Å². The van der Waals surface area contributed by atoms with E-state index < -0.39 is 5.91 Å². The van der Waals surface area contributed by atoms with Crippen LogP contribution >= 0.6 is 0 Å². The average molecular weight is 242 g/mol. The maximum atomic E-state index is 11.3. The Labute approximate surface area is 105 Å². The third-order valence-corrected chi connectivity index (χ3v) is 2.52. The molecular formula is C14H14N2O2. The number of nitrogens with two attached hydrogens (primary N) is 2. The molecule has 4 nitrogen and oxygen atoms in total. The van der Waals surface area contributed by atoms with Gasteiger partial charge >= 0.3 is 0 Å². The van der Waals surface area contributed by atoms with E-state index in [4.69, 9.17) is 16.2 Å². The molecule has 0 aromatic heterocycles. The number of anilines is 1. The molecule has 2 aromatic carbocycles. The summed E-state index contributed by atoms with van der Waals surface area (Å²) >= 11 is 0. The molecule has 0 aliphatic carbocycles. The van der Waals surface area contributed by atoms with Gasteiger partial charge in [-0.25, -0.2) is 0 Å². The summed E-state index contributed by atoms with van der Waals surface area (Å²) in [5.41, 5.74) is 12.8. The van der Waals surface area contributed by atoms with Crippen molar-refractivity contribution in [1.82, 2.24) is 0 Å². The van der Waals surface area contributed by atoms with Crippen molar-refractivity contribution in [1.29, 1.82) is 0 Å². The molecule has 2 rings (SSSR count). The largest absolute Gasteiger partial charge is 0.454 e. The number of primary amides is 1. The number of hydrogen-bond acceptors (Lipinski definition) is 3. The third-order valence-electron chi connectivity index (χ3n) is 2.52. The molecule has 0 radical (unpaired) electrons. The van der Waals surface area contributed by atoms with Gasteiger partial charge in [-0.3, -0.25) is 4.79 Å². The van der Waals surface area contributed by atoms with Gasteiger partial charge in [0.1, 0.15) is 5.75 Å². The van der Waals surface area contributed by atoms with Crippen molar-refractivity contribution in [2.45, 2.75) is 6.92 Å². The van der Waals surface area contributed by atoms with Crippen molar-refractivity contribution in [3.8, 4) is 11.5 Å². The molecule has 0 atom stereocenters. The zero-order valence-electron chi connectivity index (χ0n) is 10.0. The van der Waals surface area contributed by atoms with E-state index in [9.17, 15) is 4.79 Å². The first-order chi connectivity index (χ1) is 8.58. The van der Waals surface area contributed by atoms with Crippen LogP contribution in [0.1, 0.15) is 15.9 Å². The van der Waals surface area contributed by atoms with E-state index in [0.717, 1.165) is 5.56 Å². The second-order valence-corrected chi connectivity index (χ2v) is 4.01. The van der Waals surface area contributed by atoms with Crippen LogP contribution in [0.5, 0.6) is 11.5 Å². The molecule has 2 aromatic rings. The summed E-state index contributed by atoms with van der Waals surface area (Å²) in [7, 11) is 0. The van der Waals surface area contributed by atoms with Crippen LogP contribution < -0.4 is 16.2 Å². The molecule has 0 aliphatic rings. The predicted octanol–water partition coefficient (Wildman–Crippen LogP) is 2.47. The molecule has 18 heavy (non-hydrogen) atoms. The standard InChI is InChI=1S/C14H14N2O2/c1-9-4-2-5-10(8-9)18-13-11(14(16)17)6-3-7-12(13)15/h2-8H,15H2,1H3,(H2,16,17). The van der Waals surface area contributed by atoms with Crippen LogP contribution in [0.25, 0.3) is 0 Å². The SMILES string of the molecule is Cc1cccc(Oc2c(N)cccc2C(N)=O)c1. The minimum Gasteiger partial charge on any atom is -0.454 e. The first-order valence-corrected chi connectivity index (χ1v) is 5.51. The Morgan fingerprint density at radius 2 is 1.89 bits per heavy atom. The van der Waals surface area contributed by atoms with E-state index in [-0.39, 0.29) is 5.56 Å². The fourth-order valence-electron chi connectivity index (χ4n) is 1.66. The quantitative estimate of drug-likeness (QED) is 0.811. The van der Waals surface area contributed by atoms with Gasteiger partial charge in [-0.1, -0.05) is 18.2 Å². The minimum absolute atomic E-state index is 0.275. The Kier molecular flexibility index (Phi) is 3.19. The second kappa shape index (κ2) is 4.79. The fourth-order valence-corrected chi connectivity index (χ4v) is 1.66. The number of carbonyl (C=O) groups excluding carboxylic acids is 1. The number of rotatable bonds is 3. The molecule has 0 bridgehead atoms. The molecule has 92 valence electrons. The molecule has 0 fully saturated rings. The van der Waals surface area contributed by atoms with Crippen LogP contribution in [0.15, 0.2) is 42.5 Å². The van der Waals surface area contributed by atoms with Gasteiger partial charge < -0.3 is 16.2 Å². The smallest absolute Gasteiger partial charge is 0.252 e. The highest BCUT2D eigenvalue weighted by molar-refractivity contribution is 5.97. The van der Waals surface area contributed by atoms with Crippen LogP contribution in [0, 0.1) is 6.92 Å². The number of para-hydroxylation sites is 1. The molecule has 0 unspecified atom stereocenters. The van der Waals surface area contributed by atoms with Crippen molar-refractivity contribution in [3.63, 3.8) is 0 Å². The van der Waals surface area contributed by atoms with E-state index in [2.05, 4.69) is 0 Å². The molecule has 4 N–H and O–H groups in total. The molecular weight excluding hydrogens is 228 g/mol. The Morgan fingerprint density at radius 3 is 2.56 bits per heavy atom. The van der Waals surface area contributed by atoms with Crippen LogP contribution in [0.3, 0.4) is 0 Å². The van der Waals surface area contributed by atoms with Gasteiger partial charge in [-0.15, -0.1) is 0 Å². The van der Waals surface area contributed by atoms with Crippen molar-refractivity contribution < 1.29 is 9.53 Å². The molecule has 4 heteroatoms. The summed E-state index contributed by atoms with van der Waals surface area (Å²) in [6.07, 6.45) is 0. The summed E-state index contributed by atoms with van der Waals surface area (Å²) in [5.74, 6) is 0.357. The Hall–Kier alpha value is -2.49. The van der Waals surface area contributed by atoms with Crippen LogP contribution in [-0.2, 0) is 0 Å². The fraction of sp³-hybridized carbons (Fsp3) is 0.0714. The van der Waals surface area contributed by atoms with Gasteiger partial charge in [-0.2, -0.15) is 0 Å². The van der Waals surface area contributed by atoms with E-state index in [0.29, 0.717) is 17.2 Å². The lowest BCUT2D eigenvalue weighted by molar-refractivity contribution is 0.0998. The number of amides is 1. The lowest BCUT2D eigenvalue weighted by Gasteiger charge is -2.11. The molecule has 1 amide bonds. The van der Waals surface area contributed by atoms with Gasteiger partial charge in [0.25, 0.3) is 5.91 Å². The lowest BCUT2D eigenvalue weighted by atomic mass is 10.1. The van der Waals surface area contributed by atoms with Crippen LogP contribution in [-0.4, -0.2) is 5.91 Å². The van der Waals surface area contributed by atoms with E-state index in [1.807, 2.05) is 25.1 Å². The van der Waals surface area contributed by atoms with Gasteiger partial charge in [-0.05, 0) is 36.8 Å². The van der Waals surface area contributed by atoms with Gasteiger partial charge in [0.2, 0.25) is 0 Å². The van der Waals surface area contributed by atoms with Crippen LogP contribution in [0.4, 0.5) is 5.69 Å².